The van der Waals surface area contributed by atoms with Crippen LogP contribution in [-0.2, 0) is 23.8 Å². The van der Waals surface area contributed by atoms with Gasteiger partial charge in [0.05, 0.1) is 16.9 Å². The van der Waals surface area contributed by atoms with Crippen molar-refractivity contribution in [1.82, 2.24) is 0 Å². The predicted octanol–water partition coefficient (Wildman–Crippen LogP) is 6.41. The number of benzene rings is 3. The molecule has 3 unspecified atom stereocenters. The van der Waals surface area contributed by atoms with Gasteiger partial charge in [-0.15, -0.1) is 0 Å². The second-order valence-electron chi connectivity index (χ2n) is 9.79. The third-order valence-electron chi connectivity index (χ3n) is 6.60. The Hall–Kier alpha value is -2.58. The fourth-order valence-corrected chi connectivity index (χ4v) is 4.46. The zero-order valence-corrected chi connectivity index (χ0v) is 24.2. The van der Waals surface area contributed by atoms with Gasteiger partial charge in [0.15, 0.2) is 0 Å². The second-order valence-corrected chi connectivity index (χ2v) is 12.3. The maximum Gasteiger partial charge on any atom is 0.339 e. The molecule has 7 nitrogen and oxygen atoms in total. The summed E-state index contributed by atoms with van der Waals surface area (Å²) in [5.74, 6) is -2.49. The van der Waals surface area contributed by atoms with Crippen LogP contribution in [0, 0.1) is 11.3 Å². The first-order valence-corrected chi connectivity index (χ1v) is 13.6. The summed E-state index contributed by atoms with van der Waals surface area (Å²) >= 11 is 17.0. The molecule has 0 aliphatic carbocycles. The number of aliphatic hydroxyl groups excluding tert-OH is 1. The van der Waals surface area contributed by atoms with Crippen molar-refractivity contribution in [1.29, 1.82) is 0 Å². The maximum atomic E-state index is 13.1. The van der Waals surface area contributed by atoms with Crippen LogP contribution in [0.15, 0.2) is 54.6 Å². The summed E-state index contributed by atoms with van der Waals surface area (Å²) in [5, 5.41) is 13.6. The number of carbonyl (C=O) groups is 3. The lowest BCUT2D eigenvalue weighted by atomic mass is 9.79. The van der Waals surface area contributed by atoms with Gasteiger partial charge >= 0.3 is 17.9 Å². The highest BCUT2D eigenvalue weighted by molar-refractivity contribution is 6.67. The molecule has 10 heteroatoms. The number of rotatable bonds is 11. The highest BCUT2D eigenvalue weighted by atomic mass is 35.6. The van der Waals surface area contributed by atoms with Crippen molar-refractivity contribution in [3.8, 4) is 0 Å². The van der Waals surface area contributed by atoms with Crippen molar-refractivity contribution in [2.24, 2.45) is 11.3 Å². The van der Waals surface area contributed by atoms with Gasteiger partial charge in [-0.2, -0.15) is 0 Å². The number of carbonyl (C=O) groups excluding carboxylic acids is 3. The van der Waals surface area contributed by atoms with Crippen molar-refractivity contribution in [3.63, 3.8) is 0 Å². The molecule has 0 saturated heterocycles. The molecule has 0 saturated carbocycles. The van der Waals surface area contributed by atoms with Gasteiger partial charge in [0, 0.05) is 0 Å². The van der Waals surface area contributed by atoms with E-state index in [1.807, 2.05) is 54.6 Å². The number of alkyl halides is 3. The summed E-state index contributed by atoms with van der Waals surface area (Å²) in [5.41, 5.74) is -0.606. The van der Waals surface area contributed by atoms with Crippen LogP contribution < -0.4 is 0 Å². The minimum absolute atomic E-state index is 0.125. The predicted molar refractivity (Wildman–Crippen MR) is 152 cm³/mol. The first-order chi connectivity index (χ1) is 18.3. The lowest BCUT2D eigenvalue weighted by molar-refractivity contribution is -0.159. The van der Waals surface area contributed by atoms with Gasteiger partial charge in [0.2, 0.25) is 3.79 Å². The number of aliphatic hydroxyl groups is 1. The summed E-state index contributed by atoms with van der Waals surface area (Å²) in [6.45, 7) is 3.89. The molecule has 0 fully saturated rings. The molecule has 0 radical (unpaired) electrons. The number of halogens is 3. The Balaban J connectivity index is 1.56. The number of ether oxygens (including phenoxy) is 3. The fourth-order valence-electron chi connectivity index (χ4n) is 4.30. The van der Waals surface area contributed by atoms with E-state index in [9.17, 15) is 19.5 Å². The zero-order valence-electron chi connectivity index (χ0n) is 21.9. The van der Waals surface area contributed by atoms with Crippen LogP contribution in [0.25, 0.3) is 21.5 Å². The number of hydrogen-bond acceptors (Lipinski definition) is 7. The largest absolute Gasteiger partial charge is 0.463 e. The highest BCUT2D eigenvalue weighted by Gasteiger charge is 2.38. The molecule has 3 atom stereocenters. The van der Waals surface area contributed by atoms with Crippen molar-refractivity contribution >= 4 is 74.3 Å². The van der Waals surface area contributed by atoms with Crippen LogP contribution in [0.3, 0.4) is 0 Å². The minimum Gasteiger partial charge on any atom is -0.463 e. The third kappa shape index (κ3) is 8.21. The average molecular weight is 598 g/mol. The molecule has 3 rings (SSSR count). The molecule has 0 bridgehead atoms. The Kier molecular flexibility index (Phi) is 10.5. The second kappa shape index (κ2) is 13.2. The van der Waals surface area contributed by atoms with E-state index in [-0.39, 0.29) is 19.6 Å². The Labute approximate surface area is 242 Å². The summed E-state index contributed by atoms with van der Waals surface area (Å²) < 4.78 is 14.0. The highest BCUT2D eigenvalue weighted by Crippen LogP contribution is 2.34. The molecule has 0 heterocycles. The van der Waals surface area contributed by atoms with Gasteiger partial charge in [-0.25, -0.2) is 4.79 Å². The van der Waals surface area contributed by atoms with Crippen molar-refractivity contribution < 1.29 is 33.7 Å². The lowest BCUT2D eigenvalue weighted by Gasteiger charge is -2.29. The standard InChI is InChI=1S/C29H31Cl3O7/c1-4-28(3,27(36)39-17-29(30,31)32)14-18(2)25(34)37-15-21(33)16-38-26(35)24-22-11-7-5-9-19(22)13-20-10-6-8-12-23(20)24/h5-13,18,21,33H,4,14-17H2,1-3H3. The SMILES string of the molecule is CCC(C)(CC(C)C(=O)OCC(O)COC(=O)c1c2ccccc2cc2ccccc12)C(=O)OCC(Cl)(Cl)Cl. The van der Waals surface area contributed by atoms with Crippen LogP contribution in [0.2, 0.25) is 0 Å². The maximum absolute atomic E-state index is 13.1. The lowest BCUT2D eigenvalue weighted by Crippen LogP contribution is -2.35. The Morgan fingerprint density at radius 1 is 0.897 bits per heavy atom. The molecule has 39 heavy (non-hydrogen) atoms. The monoisotopic (exact) mass is 596 g/mol. The van der Waals surface area contributed by atoms with Crippen LogP contribution in [0.1, 0.15) is 44.0 Å². The van der Waals surface area contributed by atoms with Crippen molar-refractivity contribution in [2.75, 3.05) is 19.8 Å². The van der Waals surface area contributed by atoms with Crippen LogP contribution >= 0.6 is 34.8 Å². The molecule has 3 aromatic rings. The van der Waals surface area contributed by atoms with Crippen molar-refractivity contribution in [2.45, 2.75) is 43.5 Å². The van der Waals surface area contributed by atoms with E-state index in [4.69, 9.17) is 49.0 Å². The van der Waals surface area contributed by atoms with Crippen LogP contribution in [0.4, 0.5) is 0 Å². The Bertz CT molecular complexity index is 1280. The van der Waals surface area contributed by atoms with E-state index < -0.39 is 45.7 Å². The Morgan fingerprint density at radius 3 is 1.97 bits per heavy atom. The molecule has 1 N–H and O–H groups in total. The van der Waals surface area contributed by atoms with Crippen LogP contribution in [0.5, 0.6) is 0 Å². The Morgan fingerprint density at radius 2 is 1.44 bits per heavy atom. The van der Waals surface area contributed by atoms with Gasteiger partial charge in [0.25, 0.3) is 0 Å². The van der Waals surface area contributed by atoms with Gasteiger partial charge in [-0.1, -0.05) is 97.2 Å². The number of hydrogen-bond donors (Lipinski definition) is 1. The van der Waals surface area contributed by atoms with Gasteiger partial charge in [-0.3, -0.25) is 9.59 Å². The molecule has 0 spiro atoms. The first-order valence-electron chi connectivity index (χ1n) is 12.5. The van der Waals surface area contributed by atoms with E-state index in [2.05, 4.69) is 0 Å². The molecule has 0 amide bonds. The van der Waals surface area contributed by atoms with E-state index in [1.54, 1.807) is 20.8 Å². The summed E-state index contributed by atoms with van der Waals surface area (Å²) in [7, 11) is 0. The number of esters is 3. The van der Waals surface area contributed by atoms with Gasteiger partial charge in [-0.05, 0) is 47.4 Å². The molecule has 0 aliphatic rings. The van der Waals surface area contributed by atoms with E-state index in [1.165, 1.54) is 0 Å². The normalized spacial score (nSPS) is 14.8. The topological polar surface area (TPSA) is 99.1 Å². The van der Waals surface area contributed by atoms with Crippen LogP contribution in [-0.4, -0.2) is 52.7 Å². The molecule has 0 aromatic heterocycles. The fraction of sp³-hybridized carbons (Fsp3) is 0.414. The number of fused-ring (bicyclic) bond motifs is 2. The van der Waals surface area contributed by atoms with Gasteiger partial charge in [0.1, 0.15) is 25.9 Å². The molecule has 0 aliphatic heterocycles. The van der Waals surface area contributed by atoms with E-state index >= 15 is 0 Å². The quantitative estimate of drug-likeness (QED) is 0.118. The van der Waals surface area contributed by atoms with E-state index in [0.717, 1.165) is 21.5 Å². The first kappa shape index (κ1) is 31.0. The van der Waals surface area contributed by atoms with Crippen molar-refractivity contribution in [3.05, 3.63) is 60.2 Å². The average Bonchev–Trinajstić information content (AvgIpc) is 2.91. The molecular weight excluding hydrogens is 567 g/mol. The molecule has 3 aromatic carbocycles. The molecule has 210 valence electrons. The summed E-state index contributed by atoms with van der Waals surface area (Å²) in [6.07, 6.45) is -0.733. The summed E-state index contributed by atoms with van der Waals surface area (Å²) in [4.78, 5) is 38.2. The van der Waals surface area contributed by atoms with Gasteiger partial charge < -0.3 is 19.3 Å². The zero-order chi connectivity index (χ0) is 28.8. The summed E-state index contributed by atoms with van der Waals surface area (Å²) in [6, 6.07) is 17.0. The minimum atomic E-state index is -1.74. The smallest absolute Gasteiger partial charge is 0.339 e. The third-order valence-corrected chi connectivity index (χ3v) is 6.93. The molecular formula is C29H31Cl3O7. The van der Waals surface area contributed by atoms with E-state index in [0.29, 0.717) is 12.0 Å².